The molecule has 0 atom stereocenters. The summed E-state index contributed by atoms with van der Waals surface area (Å²) in [5.41, 5.74) is 1.80. The van der Waals surface area contributed by atoms with Crippen LogP contribution in [0.2, 0.25) is 0 Å². The fourth-order valence-corrected chi connectivity index (χ4v) is 1.62. The number of pyridine rings is 1. The zero-order valence-corrected chi connectivity index (χ0v) is 10.3. The molecule has 18 heavy (non-hydrogen) atoms. The first-order chi connectivity index (χ1) is 8.79. The van der Waals surface area contributed by atoms with Gasteiger partial charge in [-0.15, -0.1) is 0 Å². The molecule has 0 fully saturated rings. The van der Waals surface area contributed by atoms with Crippen LogP contribution in [0.1, 0.15) is 19.0 Å². The highest BCUT2D eigenvalue weighted by molar-refractivity contribution is 5.43. The summed E-state index contributed by atoms with van der Waals surface area (Å²) in [5, 5.41) is 3.29. The van der Waals surface area contributed by atoms with Crippen LogP contribution < -0.4 is 10.9 Å². The molecule has 0 bridgehead atoms. The van der Waals surface area contributed by atoms with E-state index in [1.54, 1.807) is 6.20 Å². The van der Waals surface area contributed by atoms with E-state index in [1.807, 2.05) is 12.1 Å². The summed E-state index contributed by atoms with van der Waals surface area (Å²) in [5.74, 6) is 0. The number of nitrogens with zero attached hydrogens (tertiary/aromatic N) is 3. The predicted molar refractivity (Wildman–Crippen MR) is 70.6 cm³/mol. The number of nitrogens with one attached hydrogen (secondary N) is 1. The van der Waals surface area contributed by atoms with Crippen LogP contribution >= 0.6 is 0 Å². The van der Waals surface area contributed by atoms with E-state index < -0.39 is 0 Å². The van der Waals surface area contributed by atoms with Crippen LogP contribution in [0, 0.1) is 0 Å². The lowest BCUT2D eigenvalue weighted by Crippen LogP contribution is -2.19. The van der Waals surface area contributed by atoms with Gasteiger partial charge < -0.3 is 5.32 Å². The SMILES string of the molecule is CCCNc1ccnc(Cn2cnccc2=O)c1. The second-order valence-corrected chi connectivity index (χ2v) is 4.01. The minimum atomic E-state index is -0.0706. The maximum Gasteiger partial charge on any atom is 0.253 e. The highest BCUT2D eigenvalue weighted by atomic mass is 16.1. The molecule has 0 unspecified atom stereocenters. The fourth-order valence-electron chi connectivity index (χ4n) is 1.62. The van der Waals surface area contributed by atoms with Gasteiger partial charge >= 0.3 is 0 Å². The zero-order valence-electron chi connectivity index (χ0n) is 10.3. The van der Waals surface area contributed by atoms with Crippen molar-refractivity contribution in [1.29, 1.82) is 0 Å². The highest BCUT2D eigenvalue weighted by Crippen LogP contribution is 2.08. The molecule has 0 aliphatic rings. The summed E-state index contributed by atoms with van der Waals surface area (Å²) in [4.78, 5) is 19.7. The van der Waals surface area contributed by atoms with Crippen molar-refractivity contribution in [2.75, 3.05) is 11.9 Å². The van der Waals surface area contributed by atoms with E-state index in [-0.39, 0.29) is 5.56 Å². The first kappa shape index (κ1) is 12.3. The number of aromatic nitrogens is 3. The van der Waals surface area contributed by atoms with Gasteiger partial charge in [-0.3, -0.25) is 14.3 Å². The molecule has 0 aromatic carbocycles. The molecule has 0 radical (unpaired) electrons. The van der Waals surface area contributed by atoms with Crippen molar-refractivity contribution >= 4 is 5.69 Å². The third-order valence-electron chi connectivity index (χ3n) is 2.52. The second kappa shape index (κ2) is 5.95. The van der Waals surface area contributed by atoms with Gasteiger partial charge in [0.05, 0.1) is 18.6 Å². The zero-order chi connectivity index (χ0) is 12.8. The first-order valence-corrected chi connectivity index (χ1v) is 5.99. The lowest BCUT2D eigenvalue weighted by atomic mass is 10.3. The van der Waals surface area contributed by atoms with Gasteiger partial charge in [0.1, 0.15) is 0 Å². The van der Waals surface area contributed by atoms with Gasteiger partial charge in [0.25, 0.3) is 5.56 Å². The summed E-state index contributed by atoms with van der Waals surface area (Å²) in [6.45, 7) is 3.48. The molecule has 2 aromatic heterocycles. The van der Waals surface area contributed by atoms with Crippen molar-refractivity contribution in [3.05, 3.63) is 53.0 Å². The van der Waals surface area contributed by atoms with Gasteiger partial charge in [-0.05, 0) is 18.6 Å². The third-order valence-corrected chi connectivity index (χ3v) is 2.52. The molecular formula is C13H16N4O. The number of hydrogen-bond acceptors (Lipinski definition) is 4. The Morgan fingerprint density at radius 1 is 1.33 bits per heavy atom. The van der Waals surface area contributed by atoms with Crippen molar-refractivity contribution in [3.8, 4) is 0 Å². The van der Waals surface area contributed by atoms with Crippen molar-refractivity contribution in [2.45, 2.75) is 19.9 Å². The van der Waals surface area contributed by atoms with E-state index in [1.165, 1.54) is 23.2 Å². The van der Waals surface area contributed by atoms with Crippen LogP contribution in [0.5, 0.6) is 0 Å². The monoisotopic (exact) mass is 244 g/mol. The van der Waals surface area contributed by atoms with E-state index >= 15 is 0 Å². The van der Waals surface area contributed by atoms with Gasteiger partial charge in [-0.25, -0.2) is 4.98 Å². The highest BCUT2D eigenvalue weighted by Gasteiger charge is 2.00. The first-order valence-electron chi connectivity index (χ1n) is 5.99. The largest absolute Gasteiger partial charge is 0.385 e. The molecule has 0 saturated carbocycles. The maximum atomic E-state index is 11.6. The summed E-state index contributed by atoms with van der Waals surface area (Å²) >= 11 is 0. The van der Waals surface area contributed by atoms with E-state index in [0.717, 1.165) is 24.3 Å². The van der Waals surface area contributed by atoms with Crippen LogP contribution in [0.3, 0.4) is 0 Å². The fraction of sp³-hybridized carbons (Fsp3) is 0.308. The van der Waals surface area contributed by atoms with Crippen LogP contribution in [0.15, 0.2) is 41.7 Å². The standard InChI is InChI=1S/C13H16N4O/c1-2-5-15-11-3-7-16-12(8-11)9-17-10-14-6-4-13(17)18/h3-4,6-8,10H,2,5,9H2,1H3,(H,15,16). The summed E-state index contributed by atoms with van der Waals surface area (Å²) in [6.07, 6.45) is 5.83. The lowest BCUT2D eigenvalue weighted by Gasteiger charge is -2.07. The smallest absolute Gasteiger partial charge is 0.253 e. The van der Waals surface area contributed by atoms with Crippen molar-refractivity contribution in [3.63, 3.8) is 0 Å². The number of hydrogen-bond donors (Lipinski definition) is 1. The predicted octanol–water partition coefficient (Wildman–Crippen LogP) is 1.51. The molecule has 0 aliphatic carbocycles. The van der Waals surface area contributed by atoms with Crippen LogP contribution in [-0.2, 0) is 6.54 Å². The maximum absolute atomic E-state index is 11.6. The van der Waals surface area contributed by atoms with E-state index in [9.17, 15) is 4.79 Å². The Kier molecular flexibility index (Phi) is 4.06. The summed E-state index contributed by atoms with van der Waals surface area (Å²) < 4.78 is 1.53. The Morgan fingerprint density at radius 3 is 3.00 bits per heavy atom. The quantitative estimate of drug-likeness (QED) is 0.866. The van der Waals surface area contributed by atoms with E-state index in [4.69, 9.17) is 0 Å². The molecule has 5 heteroatoms. The molecule has 5 nitrogen and oxygen atoms in total. The average molecular weight is 244 g/mol. The van der Waals surface area contributed by atoms with Crippen molar-refractivity contribution in [1.82, 2.24) is 14.5 Å². The molecule has 0 saturated heterocycles. The summed E-state index contributed by atoms with van der Waals surface area (Å²) in [7, 11) is 0. The van der Waals surface area contributed by atoms with E-state index in [2.05, 4.69) is 22.2 Å². The third kappa shape index (κ3) is 3.16. The van der Waals surface area contributed by atoms with Crippen LogP contribution in [0.25, 0.3) is 0 Å². The number of anilines is 1. The average Bonchev–Trinajstić information content (AvgIpc) is 2.40. The van der Waals surface area contributed by atoms with Gasteiger partial charge in [0.2, 0.25) is 0 Å². The molecule has 2 rings (SSSR count). The Bertz CT molecular complexity index is 565. The van der Waals surface area contributed by atoms with Gasteiger partial charge in [-0.2, -0.15) is 0 Å². The topological polar surface area (TPSA) is 59.8 Å². The van der Waals surface area contributed by atoms with Crippen molar-refractivity contribution < 1.29 is 0 Å². The minimum Gasteiger partial charge on any atom is -0.385 e. The molecule has 1 N–H and O–H groups in total. The molecule has 0 aliphatic heterocycles. The Balaban J connectivity index is 2.14. The molecule has 94 valence electrons. The Labute approximate surface area is 106 Å². The molecule has 0 amide bonds. The van der Waals surface area contributed by atoms with Gasteiger partial charge in [-0.1, -0.05) is 6.92 Å². The van der Waals surface area contributed by atoms with Crippen LogP contribution in [0.4, 0.5) is 5.69 Å². The second-order valence-electron chi connectivity index (χ2n) is 4.01. The molecule has 2 aromatic rings. The van der Waals surface area contributed by atoms with Gasteiger partial charge in [0, 0.05) is 30.7 Å². The summed E-state index contributed by atoms with van der Waals surface area (Å²) in [6, 6.07) is 5.32. The molecule has 2 heterocycles. The normalized spacial score (nSPS) is 10.3. The van der Waals surface area contributed by atoms with Crippen LogP contribution in [-0.4, -0.2) is 21.1 Å². The number of rotatable bonds is 5. The Morgan fingerprint density at radius 2 is 2.22 bits per heavy atom. The van der Waals surface area contributed by atoms with E-state index in [0.29, 0.717) is 6.54 Å². The molecule has 0 spiro atoms. The van der Waals surface area contributed by atoms with Gasteiger partial charge in [0.15, 0.2) is 0 Å². The Hall–Kier alpha value is -2.17. The molecular weight excluding hydrogens is 228 g/mol. The lowest BCUT2D eigenvalue weighted by molar-refractivity contribution is 0.719. The van der Waals surface area contributed by atoms with Crippen molar-refractivity contribution in [2.24, 2.45) is 0 Å². The minimum absolute atomic E-state index is 0.0706.